The Bertz CT molecular complexity index is 808. The first-order valence-electron chi connectivity index (χ1n) is 9.42. The summed E-state index contributed by atoms with van der Waals surface area (Å²) in [7, 11) is 0. The maximum atomic E-state index is 12.0. The summed E-state index contributed by atoms with van der Waals surface area (Å²) in [5, 5.41) is 13.5. The minimum absolute atomic E-state index is 0.0899. The van der Waals surface area contributed by atoms with Crippen LogP contribution in [-0.2, 0) is 21.3 Å². The summed E-state index contributed by atoms with van der Waals surface area (Å²) >= 11 is 0. The zero-order chi connectivity index (χ0) is 18.7. The molecule has 1 aliphatic heterocycles. The van der Waals surface area contributed by atoms with Crippen molar-refractivity contribution in [3.63, 3.8) is 0 Å². The molecule has 8 nitrogen and oxygen atoms in total. The van der Waals surface area contributed by atoms with E-state index in [1.165, 1.54) is 0 Å². The maximum absolute atomic E-state index is 12.0. The molecule has 0 radical (unpaired) electrons. The van der Waals surface area contributed by atoms with Gasteiger partial charge in [-0.05, 0) is 31.4 Å². The van der Waals surface area contributed by atoms with E-state index in [-0.39, 0.29) is 17.6 Å². The summed E-state index contributed by atoms with van der Waals surface area (Å²) in [4.78, 5) is 16.6. The minimum Gasteiger partial charge on any atom is -0.446 e. The van der Waals surface area contributed by atoms with Gasteiger partial charge in [-0.3, -0.25) is 5.10 Å². The van der Waals surface area contributed by atoms with E-state index in [1.807, 2.05) is 24.3 Å². The number of ether oxygens (including phenoxy) is 2. The Balaban J connectivity index is 1.55. The average molecular weight is 371 g/mol. The van der Waals surface area contributed by atoms with Crippen molar-refractivity contribution < 1.29 is 14.3 Å². The largest absolute Gasteiger partial charge is 0.446 e. The molecule has 8 heteroatoms. The SMILES string of the molecule is C[C@]12CC[C@H](C1)OC(=O)NCCOCCc1cccc(n1)Nc1cc2[nH]n1. The zero-order valence-corrected chi connectivity index (χ0v) is 15.5. The number of hydrogen-bond donors (Lipinski definition) is 3. The second-order valence-corrected chi connectivity index (χ2v) is 7.43. The molecule has 1 fully saturated rings. The average Bonchev–Trinajstić information content (AvgIpc) is 3.26. The summed E-state index contributed by atoms with van der Waals surface area (Å²) in [6, 6.07) is 7.88. The van der Waals surface area contributed by atoms with Crippen molar-refractivity contribution in [2.24, 2.45) is 0 Å². The van der Waals surface area contributed by atoms with Crippen LogP contribution in [0.5, 0.6) is 0 Å². The molecule has 27 heavy (non-hydrogen) atoms. The van der Waals surface area contributed by atoms with Crippen LogP contribution in [-0.4, -0.2) is 47.1 Å². The van der Waals surface area contributed by atoms with Crippen molar-refractivity contribution in [3.05, 3.63) is 35.7 Å². The number of nitrogens with one attached hydrogen (secondary N) is 3. The molecule has 2 aromatic rings. The van der Waals surface area contributed by atoms with E-state index in [2.05, 4.69) is 32.7 Å². The third-order valence-electron chi connectivity index (χ3n) is 5.28. The van der Waals surface area contributed by atoms with E-state index in [4.69, 9.17) is 9.47 Å². The standard InChI is InChI=1S/C19H25N5O3/c1-19-7-5-14(12-19)27-18(25)20-8-10-26-9-6-13-3-2-4-16(21-13)22-17-11-15(19)23-24-17/h2-4,11,14H,5-10,12H2,1H3,(H,20,25)(H2,21,22,23,24)/t14-,19+/m1/s1. The number of aromatic nitrogens is 3. The van der Waals surface area contributed by atoms with E-state index in [0.29, 0.717) is 26.2 Å². The Labute approximate surface area is 158 Å². The lowest BCUT2D eigenvalue weighted by Gasteiger charge is -2.22. The van der Waals surface area contributed by atoms with Crippen LogP contribution in [0.4, 0.5) is 16.4 Å². The van der Waals surface area contributed by atoms with Gasteiger partial charge in [-0.15, -0.1) is 0 Å². The quantitative estimate of drug-likeness (QED) is 0.658. The highest BCUT2D eigenvalue weighted by Crippen LogP contribution is 2.41. The second-order valence-electron chi connectivity index (χ2n) is 7.43. The van der Waals surface area contributed by atoms with Gasteiger partial charge in [-0.25, -0.2) is 9.78 Å². The lowest BCUT2D eigenvalue weighted by atomic mass is 9.85. The van der Waals surface area contributed by atoms with Gasteiger partial charge in [0.25, 0.3) is 0 Å². The lowest BCUT2D eigenvalue weighted by molar-refractivity contribution is 0.0910. The number of carbonyl (C=O) groups excluding carboxylic acids is 1. The van der Waals surface area contributed by atoms with Crippen molar-refractivity contribution in [3.8, 4) is 0 Å². The van der Waals surface area contributed by atoms with Gasteiger partial charge in [0.2, 0.25) is 0 Å². The van der Waals surface area contributed by atoms with Crippen LogP contribution in [0.1, 0.15) is 37.6 Å². The smallest absolute Gasteiger partial charge is 0.407 e. The Kier molecular flexibility index (Phi) is 4.98. The van der Waals surface area contributed by atoms with Crippen molar-refractivity contribution in [1.82, 2.24) is 20.5 Å². The number of rotatable bonds is 0. The predicted octanol–water partition coefficient (Wildman–Crippen LogP) is 2.66. The number of pyridine rings is 1. The van der Waals surface area contributed by atoms with Crippen molar-refractivity contribution in [2.75, 3.05) is 25.1 Å². The predicted molar refractivity (Wildman–Crippen MR) is 100 cm³/mol. The third-order valence-corrected chi connectivity index (χ3v) is 5.28. The van der Waals surface area contributed by atoms with Crippen LogP contribution in [0.3, 0.4) is 0 Å². The number of amides is 1. The summed E-state index contributed by atoms with van der Waals surface area (Å²) in [5.74, 6) is 1.49. The van der Waals surface area contributed by atoms with Crippen molar-refractivity contribution >= 4 is 17.7 Å². The molecule has 2 atom stereocenters. The summed E-state index contributed by atoms with van der Waals surface area (Å²) < 4.78 is 11.1. The summed E-state index contributed by atoms with van der Waals surface area (Å²) in [5.41, 5.74) is 1.89. The molecule has 1 amide bonds. The number of nitrogens with zero attached hydrogens (tertiary/aromatic N) is 2. The maximum Gasteiger partial charge on any atom is 0.407 e. The van der Waals surface area contributed by atoms with Crippen LogP contribution in [0.2, 0.25) is 0 Å². The Morgan fingerprint density at radius 3 is 3.11 bits per heavy atom. The fourth-order valence-corrected chi connectivity index (χ4v) is 3.74. The molecule has 6 bridgehead atoms. The molecular weight excluding hydrogens is 346 g/mol. The number of H-pyrrole nitrogens is 1. The van der Waals surface area contributed by atoms with E-state index < -0.39 is 0 Å². The third kappa shape index (κ3) is 4.21. The van der Waals surface area contributed by atoms with E-state index in [0.717, 1.165) is 42.3 Å². The molecule has 0 spiro atoms. The van der Waals surface area contributed by atoms with Gasteiger partial charge in [0.05, 0.1) is 13.2 Å². The number of aromatic amines is 1. The van der Waals surface area contributed by atoms with Gasteiger partial charge in [-0.1, -0.05) is 13.0 Å². The molecular formula is C19H25N5O3. The Hall–Kier alpha value is -2.61. The molecule has 1 saturated carbocycles. The van der Waals surface area contributed by atoms with Gasteiger partial charge in [0.1, 0.15) is 11.9 Å². The highest BCUT2D eigenvalue weighted by Gasteiger charge is 2.39. The van der Waals surface area contributed by atoms with Gasteiger partial charge >= 0.3 is 6.09 Å². The fourth-order valence-electron chi connectivity index (χ4n) is 3.74. The second kappa shape index (κ2) is 7.56. The number of carbonyl (C=O) groups is 1. The first kappa shape index (κ1) is 17.8. The summed E-state index contributed by atoms with van der Waals surface area (Å²) in [6.07, 6.45) is 2.77. The van der Waals surface area contributed by atoms with Crippen molar-refractivity contribution in [1.29, 1.82) is 0 Å². The molecule has 2 aromatic heterocycles. The fraction of sp³-hybridized carbons (Fsp3) is 0.526. The highest BCUT2D eigenvalue weighted by molar-refractivity contribution is 5.67. The Morgan fingerprint density at radius 1 is 1.26 bits per heavy atom. The molecule has 0 aromatic carbocycles. The molecule has 4 rings (SSSR count). The molecule has 0 unspecified atom stereocenters. The Morgan fingerprint density at radius 2 is 2.19 bits per heavy atom. The molecule has 3 N–H and O–H groups in total. The van der Waals surface area contributed by atoms with Gasteiger partial charge < -0.3 is 20.1 Å². The first-order valence-corrected chi connectivity index (χ1v) is 9.42. The summed E-state index contributed by atoms with van der Waals surface area (Å²) in [6.45, 7) is 3.60. The zero-order valence-electron chi connectivity index (χ0n) is 15.5. The normalized spacial score (nSPS) is 26.3. The lowest BCUT2D eigenvalue weighted by Crippen LogP contribution is -2.31. The number of hydrogen-bond acceptors (Lipinski definition) is 6. The van der Waals surface area contributed by atoms with Crippen LogP contribution >= 0.6 is 0 Å². The number of anilines is 2. The number of alkyl carbamates (subject to hydrolysis) is 1. The molecule has 3 heterocycles. The van der Waals surface area contributed by atoms with Gasteiger partial charge in [0, 0.05) is 35.8 Å². The van der Waals surface area contributed by atoms with Gasteiger partial charge in [0.15, 0.2) is 5.82 Å². The van der Waals surface area contributed by atoms with E-state index in [1.54, 1.807) is 0 Å². The van der Waals surface area contributed by atoms with Crippen LogP contribution < -0.4 is 10.6 Å². The number of fused-ring (bicyclic) bond motifs is 7. The van der Waals surface area contributed by atoms with E-state index >= 15 is 0 Å². The topological polar surface area (TPSA) is 101 Å². The monoisotopic (exact) mass is 371 g/mol. The van der Waals surface area contributed by atoms with Crippen LogP contribution in [0.25, 0.3) is 0 Å². The molecule has 2 aliphatic rings. The molecule has 144 valence electrons. The van der Waals surface area contributed by atoms with Crippen LogP contribution in [0.15, 0.2) is 24.3 Å². The van der Waals surface area contributed by atoms with Gasteiger partial charge in [-0.2, -0.15) is 5.10 Å². The van der Waals surface area contributed by atoms with Crippen LogP contribution in [0, 0.1) is 0 Å². The first-order chi connectivity index (χ1) is 13.1. The highest BCUT2D eigenvalue weighted by atomic mass is 16.6. The van der Waals surface area contributed by atoms with E-state index in [9.17, 15) is 4.79 Å². The minimum atomic E-state index is -0.379. The van der Waals surface area contributed by atoms with Crippen molar-refractivity contribution in [2.45, 2.75) is 44.1 Å². The molecule has 0 saturated heterocycles. The molecule has 1 aliphatic carbocycles.